The number of pyridine rings is 1. The van der Waals surface area contributed by atoms with E-state index in [0.29, 0.717) is 13.1 Å². The molecule has 2 aromatic rings. The number of nitrogens with zero attached hydrogens (tertiary/aromatic N) is 3. The van der Waals surface area contributed by atoms with E-state index in [9.17, 15) is 0 Å². The van der Waals surface area contributed by atoms with Crippen LogP contribution >= 0.6 is 35.3 Å². The Labute approximate surface area is 170 Å². The Morgan fingerprint density at radius 1 is 1.20 bits per heavy atom. The summed E-state index contributed by atoms with van der Waals surface area (Å²) in [5.41, 5.74) is 4.11. The highest BCUT2D eigenvalue weighted by molar-refractivity contribution is 14.0. The number of aliphatic imine (C=N–C) groups is 1. The van der Waals surface area contributed by atoms with E-state index in [-0.39, 0.29) is 24.0 Å². The van der Waals surface area contributed by atoms with Crippen molar-refractivity contribution < 1.29 is 4.74 Å². The second-order valence-corrected chi connectivity index (χ2v) is 6.85. The maximum Gasteiger partial charge on any atom is 0.191 e. The number of thiazole rings is 1. The number of aryl methyl sites for hydroxylation is 3. The summed E-state index contributed by atoms with van der Waals surface area (Å²) in [6.07, 6.45) is 1.84. The number of hydrogen-bond donors (Lipinski definition) is 2. The molecule has 0 aliphatic carbocycles. The SMILES string of the molecule is CN=C(NCc1ncc(C)c(OC)c1C)NCc1sc(C)nc1C.I. The molecule has 2 aromatic heterocycles. The van der Waals surface area contributed by atoms with E-state index in [0.717, 1.165) is 39.2 Å². The van der Waals surface area contributed by atoms with Gasteiger partial charge in [0, 0.05) is 29.2 Å². The van der Waals surface area contributed by atoms with Crippen molar-refractivity contribution in [3.8, 4) is 5.75 Å². The van der Waals surface area contributed by atoms with Gasteiger partial charge in [0.05, 0.1) is 36.6 Å². The summed E-state index contributed by atoms with van der Waals surface area (Å²) in [5.74, 6) is 1.63. The van der Waals surface area contributed by atoms with E-state index < -0.39 is 0 Å². The summed E-state index contributed by atoms with van der Waals surface area (Å²) < 4.78 is 5.45. The topological polar surface area (TPSA) is 71.4 Å². The molecule has 0 fully saturated rings. The van der Waals surface area contributed by atoms with Gasteiger partial charge < -0.3 is 15.4 Å². The van der Waals surface area contributed by atoms with Crippen molar-refractivity contribution in [3.05, 3.63) is 38.6 Å². The minimum absolute atomic E-state index is 0. The van der Waals surface area contributed by atoms with Gasteiger partial charge in [0.25, 0.3) is 0 Å². The van der Waals surface area contributed by atoms with Gasteiger partial charge in [0.15, 0.2) is 5.96 Å². The van der Waals surface area contributed by atoms with E-state index >= 15 is 0 Å². The number of nitrogens with one attached hydrogen (secondary N) is 2. The predicted molar refractivity (Wildman–Crippen MR) is 114 cm³/mol. The molecule has 25 heavy (non-hydrogen) atoms. The van der Waals surface area contributed by atoms with Crippen LogP contribution in [0.25, 0.3) is 0 Å². The molecule has 0 saturated carbocycles. The van der Waals surface area contributed by atoms with Crippen molar-refractivity contribution in [3.63, 3.8) is 0 Å². The summed E-state index contributed by atoms with van der Waals surface area (Å²) in [7, 11) is 3.45. The third kappa shape index (κ3) is 5.53. The monoisotopic (exact) mass is 475 g/mol. The molecule has 2 N–H and O–H groups in total. The van der Waals surface area contributed by atoms with Crippen LogP contribution < -0.4 is 15.4 Å². The zero-order valence-corrected chi connectivity index (χ0v) is 18.7. The summed E-state index contributed by atoms with van der Waals surface area (Å²) >= 11 is 1.71. The molecule has 0 bridgehead atoms. The van der Waals surface area contributed by atoms with Gasteiger partial charge in [-0.15, -0.1) is 35.3 Å². The van der Waals surface area contributed by atoms with Gasteiger partial charge in [-0.25, -0.2) is 4.98 Å². The van der Waals surface area contributed by atoms with Crippen LogP contribution in [-0.4, -0.2) is 30.1 Å². The zero-order chi connectivity index (χ0) is 17.7. The van der Waals surface area contributed by atoms with E-state index in [1.54, 1.807) is 25.5 Å². The van der Waals surface area contributed by atoms with Crippen LogP contribution in [0.1, 0.15) is 32.4 Å². The fourth-order valence-corrected chi connectivity index (χ4v) is 3.42. The maximum absolute atomic E-state index is 5.45. The Kier molecular flexibility index (Phi) is 8.57. The van der Waals surface area contributed by atoms with Gasteiger partial charge in [-0.2, -0.15) is 0 Å². The Bertz CT molecular complexity index is 745. The summed E-state index contributed by atoms with van der Waals surface area (Å²) in [6.45, 7) is 9.37. The lowest BCUT2D eigenvalue weighted by molar-refractivity contribution is 0.406. The number of aromatic nitrogens is 2. The van der Waals surface area contributed by atoms with E-state index in [4.69, 9.17) is 4.74 Å². The van der Waals surface area contributed by atoms with E-state index in [1.807, 2.05) is 33.9 Å². The molecule has 0 saturated heterocycles. The standard InChI is InChI=1S/C17H25N5OS.HI/c1-10-7-19-14(11(2)16(10)23-6)8-20-17(18-5)21-9-15-12(3)22-13(4)24-15;/h7H,8-9H2,1-6H3,(H2,18,20,21);1H. The van der Waals surface area contributed by atoms with Gasteiger partial charge in [-0.1, -0.05) is 0 Å². The summed E-state index contributed by atoms with van der Waals surface area (Å²) in [5, 5.41) is 7.70. The predicted octanol–water partition coefficient (Wildman–Crippen LogP) is 3.26. The van der Waals surface area contributed by atoms with Crippen molar-refractivity contribution >= 4 is 41.3 Å². The highest BCUT2D eigenvalue weighted by atomic mass is 127. The number of hydrogen-bond acceptors (Lipinski definition) is 5. The van der Waals surface area contributed by atoms with E-state index in [2.05, 4.69) is 25.6 Å². The van der Waals surface area contributed by atoms with Crippen molar-refractivity contribution in [1.29, 1.82) is 0 Å². The largest absolute Gasteiger partial charge is 0.496 e. The number of ether oxygens (including phenoxy) is 1. The average molecular weight is 475 g/mol. The number of halogens is 1. The minimum atomic E-state index is 0. The molecule has 0 aromatic carbocycles. The molecule has 6 nitrogen and oxygen atoms in total. The van der Waals surface area contributed by atoms with Crippen LogP contribution in [0.15, 0.2) is 11.2 Å². The second-order valence-electron chi connectivity index (χ2n) is 5.57. The fourth-order valence-electron chi connectivity index (χ4n) is 2.54. The molecule has 2 rings (SSSR count). The lowest BCUT2D eigenvalue weighted by Crippen LogP contribution is -2.36. The molecule has 0 radical (unpaired) electrons. The molecular formula is C17H26IN5OS. The van der Waals surface area contributed by atoms with Gasteiger partial charge in [-0.05, 0) is 27.7 Å². The number of methoxy groups -OCH3 is 1. The molecule has 0 aliphatic rings. The van der Waals surface area contributed by atoms with Crippen LogP contribution in [0.3, 0.4) is 0 Å². The second kappa shape index (κ2) is 9.91. The Morgan fingerprint density at radius 2 is 1.88 bits per heavy atom. The first kappa shape index (κ1) is 21.6. The normalized spacial score (nSPS) is 11.0. The van der Waals surface area contributed by atoms with Crippen LogP contribution in [0.5, 0.6) is 5.75 Å². The molecule has 0 atom stereocenters. The number of guanidine groups is 1. The number of rotatable bonds is 5. The molecule has 2 heterocycles. The smallest absolute Gasteiger partial charge is 0.191 e. The Balaban J connectivity index is 0.00000312. The van der Waals surface area contributed by atoms with Crippen LogP contribution in [-0.2, 0) is 13.1 Å². The minimum Gasteiger partial charge on any atom is -0.496 e. The van der Waals surface area contributed by atoms with Crippen molar-refractivity contribution in [2.24, 2.45) is 4.99 Å². The van der Waals surface area contributed by atoms with Crippen molar-refractivity contribution in [2.75, 3.05) is 14.2 Å². The lowest BCUT2D eigenvalue weighted by atomic mass is 10.1. The highest BCUT2D eigenvalue weighted by Crippen LogP contribution is 2.23. The van der Waals surface area contributed by atoms with Gasteiger partial charge >= 0.3 is 0 Å². The summed E-state index contributed by atoms with van der Waals surface area (Å²) in [6, 6.07) is 0. The highest BCUT2D eigenvalue weighted by Gasteiger charge is 2.10. The molecule has 8 heteroatoms. The summed E-state index contributed by atoms with van der Waals surface area (Å²) in [4.78, 5) is 14.4. The first-order valence-corrected chi connectivity index (χ1v) is 8.64. The zero-order valence-electron chi connectivity index (χ0n) is 15.6. The molecular weight excluding hydrogens is 449 g/mol. The molecule has 0 aliphatic heterocycles. The quantitative estimate of drug-likeness (QED) is 0.395. The van der Waals surface area contributed by atoms with Crippen molar-refractivity contribution in [2.45, 2.75) is 40.8 Å². The third-order valence-electron chi connectivity index (χ3n) is 3.81. The van der Waals surface area contributed by atoms with Crippen LogP contribution in [0, 0.1) is 27.7 Å². The molecule has 0 amide bonds. The molecule has 138 valence electrons. The van der Waals surface area contributed by atoms with Crippen molar-refractivity contribution in [1.82, 2.24) is 20.6 Å². The van der Waals surface area contributed by atoms with Crippen LogP contribution in [0.4, 0.5) is 0 Å². The molecule has 0 spiro atoms. The Morgan fingerprint density at radius 3 is 2.44 bits per heavy atom. The first-order valence-electron chi connectivity index (χ1n) is 7.82. The molecule has 0 unspecified atom stereocenters. The van der Waals surface area contributed by atoms with Gasteiger partial charge in [0.2, 0.25) is 0 Å². The Hall–Kier alpha value is -1.42. The van der Waals surface area contributed by atoms with E-state index in [1.165, 1.54) is 4.88 Å². The van der Waals surface area contributed by atoms with Gasteiger partial charge in [0.1, 0.15) is 5.75 Å². The fraction of sp³-hybridized carbons (Fsp3) is 0.471. The third-order valence-corrected chi connectivity index (χ3v) is 4.89. The first-order chi connectivity index (χ1) is 11.5. The average Bonchev–Trinajstić information content (AvgIpc) is 2.87. The van der Waals surface area contributed by atoms with Crippen LogP contribution in [0.2, 0.25) is 0 Å². The maximum atomic E-state index is 5.45. The van der Waals surface area contributed by atoms with Gasteiger partial charge in [-0.3, -0.25) is 9.98 Å². The lowest BCUT2D eigenvalue weighted by Gasteiger charge is -2.15.